The third kappa shape index (κ3) is 2.18. The largest absolute Gasteiger partial charge is 0.360 e. The van der Waals surface area contributed by atoms with Crippen molar-refractivity contribution in [2.75, 3.05) is 0 Å². The summed E-state index contributed by atoms with van der Waals surface area (Å²) in [6.45, 7) is 0. The zero-order valence-electron chi connectivity index (χ0n) is 10.7. The summed E-state index contributed by atoms with van der Waals surface area (Å²) in [6.07, 6.45) is 1.50. The molecule has 1 heterocycles. The third-order valence-corrected chi connectivity index (χ3v) is 3.56. The summed E-state index contributed by atoms with van der Waals surface area (Å²) in [6, 6.07) is 11.0. The Hall–Kier alpha value is -2.64. The van der Waals surface area contributed by atoms with E-state index in [4.69, 9.17) is 16.9 Å². The maximum Gasteiger partial charge on any atom is 0.199 e. The van der Waals surface area contributed by atoms with Gasteiger partial charge in [-0.3, -0.25) is 4.79 Å². The van der Waals surface area contributed by atoms with Gasteiger partial charge in [0.05, 0.1) is 22.2 Å². The Morgan fingerprint density at radius 2 is 2.10 bits per heavy atom. The lowest BCUT2D eigenvalue weighted by Gasteiger charge is -2.04. The number of carbonyl (C=O) groups is 1. The van der Waals surface area contributed by atoms with Crippen LogP contribution in [0.4, 0.5) is 4.39 Å². The molecule has 3 rings (SSSR count). The van der Waals surface area contributed by atoms with Crippen molar-refractivity contribution in [2.24, 2.45) is 0 Å². The molecule has 1 N–H and O–H groups in total. The van der Waals surface area contributed by atoms with Crippen molar-refractivity contribution in [1.29, 1.82) is 5.26 Å². The first-order valence-electron chi connectivity index (χ1n) is 6.12. The second kappa shape index (κ2) is 5.04. The molecule has 0 atom stereocenters. The molecule has 21 heavy (non-hydrogen) atoms. The van der Waals surface area contributed by atoms with Gasteiger partial charge in [0.2, 0.25) is 0 Å². The monoisotopic (exact) mass is 298 g/mol. The van der Waals surface area contributed by atoms with Gasteiger partial charge in [-0.15, -0.1) is 0 Å². The van der Waals surface area contributed by atoms with Gasteiger partial charge in [-0.05, 0) is 30.3 Å². The van der Waals surface area contributed by atoms with Crippen molar-refractivity contribution >= 4 is 28.3 Å². The zero-order chi connectivity index (χ0) is 15.0. The lowest BCUT2D eigenvalue weighted by molar-refractivity contribution is 0.103. The highest BCUT2D eigenvalue weighted by Gasteiger charge is 2.20. The molecule has 5 heteroatoms. The highest BCUT2D eigenvalue weighted by molar-refractivity contribution is 6.35. The summed E-state index contributed by atoms with van der Waals surface area (Å²) in [4.78, 5) is 15.5. The quantitative estimate of drug-likeness (QED) is 0.725. The highest BCUT2D eigenvalue weighted by Crippen LogP contribution is 2.27. The summed E-state index contributed by atoms with van der Waals surface area (Å²) in [5.41, 5.74) is 1.25. The van der Waals surface area contributed by atoms with E-state index in [0.29, 0.717) is 16.5 Å². The molecule has 0 radical (unpaired) electrons. The lowest BCUT2D eigenvalue weighted by atomic mass is 10.0. The molecule has 102 valence electrons. The van der Waals surface area contributed by atoms with Crippen LogP contribution in [0.2, 0.25) is 5.02 Å². The predicted octanol–water partition coefficient (Wildman–Crippen LogP) is 4.06. The first-order chi connectivity index (χ1) is 10.1. The number of fused-ring (bicyclic) bond motifs is 1. The average Bonchev–Trinajstić information content (AvgIpc) is 2.89. The summed E-state index contributed by atoms with van der Waals surface area (Å²) < 4.78 is 13.9. The molecule has 0 aliphatic carbocycles. The van der Waals surface area contributed by atoms with Crippen molar-refractivity contribution in [2.45, 2.75) is 0 Å². The molecule has 3 nitrogen and oxygen atoms in total. The maximum absolute atomic E-state index is 13.9. The number of ketones is 1. The highest BCUT2D eigenvalue weighted by atomic mass is 35.5. The number of carbonyl (C=O) groups excluding carboxylic acids is 1. The Labute approximate surface area is 124 Å². The number of aromatic nitrogens is 1. The van der Waals surface area contributed by atoms with Crippen LogP contribution in [-0.2, 0) is 0 Å². The molecule has 2 aromatic carbocycles. The van der Waals surface area contributed by atoms with Crippen LogP contribution in [-0.4, -0.2) is 10.8 Å². The Kier molecular flexibility index (Phi) is 3.20. The van der Waals surface area contributed by atoms with Crippen molar-refractivity contribution in [1.82, 2.24) is 4.98 Å². The van der Waals surface area contributed by atoms with E-state index in [1.54, 1.807) is 18.2 Å². The molecule has 0 unspecified atom stereocenters. The Bertz CT molecular complexity index is 888. The number of hydrogen-bond donors (Lipinski definition) is 1. The van der Waals surface area contributed by atoms with Gasteiger partial charge in [0, 0.05) is 22.7 Å². The smallest absolute Gasteiger partial charge is 0.199 e. The van der Waals surface area contributed by atoms with Crippen LogP contribution in [0.3, 0.4) is 0 Å². The molecule has 3 aromatic rings. The first-order valence-corrected chi connectivity index (χ1v) is 6.49. The summed E-state index contributed by atoms with van der Waals surface area (Å²) >= 11 is 5.93. The predicted molar refractivity (Wildman–Crippen MR) is 77.9 cm³/mol. The fourth-order valence-corrected chi connectivity index (χ4v) is 2.48. The van der Waals surface area contributed by atoms with Crippen LogP contribution in [0.5, 0.6) is 0 Å². The minimum atomic E-state index is -0.668. The second-order valence-electron chi connectivity index (χ2n) is 4.50. The molecule has 0 amide bonds. The van der Waals surface area contributed by atoms with E-state index in [1.165, 1.54) is 24.4 Å². The van der Waals surface area contributed by atoms with E-state index >= 15 is 0 Å². The van der Waals surface area contributed by atoms with Gasteiger partial charge in [0.15, 0.2) is 5.78 Å². The van der Waals surface area contributed by atoms with E-state index in [1.807, 2.05) is 6.07 Å². The third-order valence-electron chi connectivity index (χ3n) is 3.25. The normalized spacial score (nSPS) is 10.5. The molecule has 0 aliphatic heterocycles. The number of nitrogens with zero attached hydrogens (tertiary/aromatic N) is 1. The van der Waals surface area contributed by atoms with E-state index in [-0.39, 0.29) is 16.1 Å². The molecule has 0 spiro atoms. The van der Waals surface area contributed by atoms with E-state index in [0.717, 1.165) is 0 Å². The number of halogens is 2. The Balaban J connectivity index is 2.21. The van der Waals surface area contributed by atoms with Crippen molar-refractivity contribution < 1.29 is 9.18 Å². The van der Waals surface area contributed by atoms with Gasteiger partial charge < -0.3 is 4.98 Å². The summed E-state index contributed by atoms with van der Waals surface area (Å²) in [5, 5.41) is 9.57. The number of rotatable bonds is 2. The number of benzene rings is 2. The van der Waals surface area contributed by atoms with Crippen LogP contribution in [0.25, 0.3) is 10.9 Å². The van der Waals surface area contributed by atoms with E-state index in [2.05, 4.69) is 4.98 Å². The van der Waals surface area contributed by atoms with Crippen LogP contribution >= 0.6 is 11.6 Å². The standard InChI is InChI=1S/C16H8ClFN2O/c17-12-2-1-3-13(18)15(12)16(21)11-8-20-14-5-4-9(7-19)6-10(11)14/h1-6,8,20H. The van der Waals surface area contributed by atoms with Gasteiger partial charge in [-0.25, -0.2) is 4.39 Å². The molecule has 0 aliphatic rings. The molecule has 0 saturated heterocycles. The van der Waals surface area contributed by atoms with Crippen molar-refractivity contribution in [3.8, 4) is 6.07 Å². The molecule has 0 saturated carbocycles. The van der Waals surface area contributed by atoms with Gasteiger partial charge in [0.1, 0.15) is 5.82 Å². The molecule has 0 bridgehead atoms. The number of H-pyrrole nitrogens is 1. The lowest BCUT2D eigenvalue weighted by Crippen LogP contribution is -2.04. The SMILES string of the molecule is N#Cc1ccc2[nH]cc(C(=O)c3c(F)cccc3Cl)c2c1. The van der Waals surface area contributed by atoms with Crippen LogP contribution in [0.15, 0.2) is 42.6 Å². The summed E-state index contributed by atoms with van der Waals surface area (Å²) in [5.74, 6) is -1.18. The fourth-order valence-electron chi connectivity index (χ4n) is 2.23. The van der Waals surface area contributed by atoms with Gasteiger partial charge in [-0.2, -0.15) is 5.26 Å². The Morgan fingerprint density at radius 1 is 1.29 bits per heavy atom. The molecule has 0 fully saturated rings. The minimum Gasteiger partial charge on any atom is -0.360 e. The van der Waals surface area contributed by atoms with Crippen molar-refractivity contribution in [3.63, 3.8) is 0 Å². The second-order valence-corrected chi connectivity index (χ2v) is 4.91. The maximum atomic E-state index is 13.9. The minimum absolute atomic E-state index is 0.0609. The topological polar surface area (TPSA) is 56.6 Å². The Morgan fingerprint density at radius 3 is 2.81 bits per heavy atom. The fraction of sp³-hybridized carbons (Fsp3) is 0. The van der Waals surface area contributed by atoms with E-state index < -0.39 is 11.6 Å². The van der Waals surface area contributed by atoms with Gasteiger partial charge in [0.25, 0.3) is 0 Å². The number of nitrogens with one attached hydrogen (secondary N) is 1. The van der Waals surface area contributed by atoms with Crippen LogP contribution in [0, 0.1) is 17.1 Å². The van der Waals surface area contributed by atoms with Crippen LogP contribution < -0.4 is 0 Å². The average molecular weight is 299 g/mol. The van der Waals surface area contributed by atoms with Gasteiger partial charge >= 0.3 is 0 Å². The molecular formula is C16H8ClFN2O. The van der Waals surface area contributed by atoms with Crippen LogP contribution in [0.1, 0.15) is 21.5 Å². The number of nitriles is 1. The van der Waals surface area contributed by atoms with Gasteiger partial charge in [-0.1, -0.05) is 17.7 Å². The van der Waals surface area contributed by atoms with E-state index in [9.17, 15) is 9.18 Å². The zero-order valence-corrected chi connectivity index (χ0v) is 11.4. The first kappa shape index (κ1) is 13.3. The molecular weight excluding hydrogens is 291 g/mol. The number of hydrogen-bond acceptors (Lipinski definition) is 2. The molecule has 1 aromatic heterocycles. The summed E-state index contributed by atoms with van der Waals surface area (Å²) in [7, 11) is 0. The number of aromatic amines is 1. The van der Waals surface area contributed by atoms with Crippen molar-refractivity contribution in [3.05, 3.63) is 70.1 Å².